The van der Waals surface area contributed by atoms with Crippen LogP contribution in [0.2, 0.25) is 0 Å². The van der Waals surface area contributed by atoms with Crippen molar-refractivity contribution in [1.82, 2.24) is 15.3 Å². The molecule has 1 aromatic carbocycles. The number of ether oxygens (including phenoxy) is 2. The van der Waals surface area contributed by atoms with Crippen LogP contribution < -0.4 is 20.1 Å². The number of rotatable bonds is 5. The summed E-state index contributed by atoms with van der Waals surface area (Å²) in [5, 5.41) is 5.90. The molecule has 2 heterocycles. The summed E-state index contributed by atoms with van der Waals surface area (Å²) in [6.07, 6.45) is 1.56. The van der Waals surface area contributed by atoms with E-state index in [2.05, 4.69) is 20.6 Å². The third kappa shape index (κ3) is 3.68. The van der Waals surface area contributed by atoms with Gasteiger partial charge in [-0.2, -0.15) is 0 Å². The van der Waals surface area contributed by atoms with E-state index in [-0.39, 0.29) is 18.7 Å². The van der Waals surface area contributed by atoms with Gasteiger partial charge >= 0.3 is 0 Å². The van der Waals surface area contributed by atoms with E-state index >= 15 is 0 Å². The summed E-state index contributed by atoms with van der Waals surface area (Å²) in [6.45, 7) is 4.58. The molecule has 3 rings (SSSR count). The first-order valence-electron chi connectivity index (χ1n) is 7.38. The number of carbonyl (C=O) groups excluding carboxylic acids is 1. The Kier molecular flexibility index (Phi) is 4.27. The van der Waals surface area contributed by atoms with Gasteiger partial charge < -0.3 is 20.1 Å². The first-order valence-corrected chi connectivity index (χ1v) is 7.38. The van der Waals surface area contributed by atoms with Gasteiger partial charge in [-0.3, -0.25) is 4.79 Å². The van der Waals surface area contributed by atoms with Gasteiger partial charge in [-0.25, -0.2) is 9.97 Å². The number of hydrogen-bond acceptors (Lipinski definition) is 6. The van der Waals surface area contributed by atoms with Gasteiger partial charge in [0.25, 0.3) is 5.91 Å². The summed E-state index contributed by atoms with van der Waals surface area (Å²) in [4.78, 5) is 20.5. The second-order valence-corrected chi connectivity index (χ2v) is 5.43. The maximum Gasteiger partial charge on any atom is 0.270 e. The first-order chi connectivity index (χ1) is 11.1. The lowest BCUT2D eigenvalue weighted by Crippen LogP contribution is -2.24. The van der Waals surface area contributed by atoms with Gasteiger partial charge in [0.15, 0.2) is 11.5 Å². The Balaban J connectivity index is 1.63. The molecule has 0 saturated heterocycles. The Hall–Kier alpha value is -2.83. The molecule has 1 amide bonds. The van der Waals surface area contributed by atoms with Crippen LogP contribution in [-0.4, -0.2) is 28.7 Å². The van der Waals surface area contributed by atoms with Gasteiger partial charge in [-0.15, -0.1) is 0 Å². The van der Waals surface area contributed by atoms with E-state index < -0.39 is 0 Å². The van der Waals surface area contributed by atoms with Gasteiger partial charge in [0.2, 0.25) is 12.7 Å². The van der Waals surface area contributed by atoms with E-state index in [1.165, 1.54) is 0 Å². The summed E-state index contributed by atoms with van der Waals surface area (Å²) in [7, 11) is 0. The number of hydrogen-bond donors (Lipinski definition) is 2. The van der Waals surface area contributed by atoms with Crippen LogP contribution in [0.4, 0.5) is 5.95 Å². The third-order valence-electron chi connectivity index (χ3n) is 3.20. The Morgan fingerprint density at radius 2 is 2.09 bits per heavy atom. The standard InChI is InChI=1S/C16H18N4O3/c1-10(2)19-16-17-6-5-12(20-16)15(21)18-8-11-3-4-13-14(7-11)23-9-22-13/h3-7,10H,8-9H2,1-2H3,(H,18,21)(H,17,19,20). The zero-order valence-corrected chi connectivity index (χ0v) is 13.0. The molecule has 0 saturated carbocycles. The van der Waals surface area contributed by atoms with E-state index in [0.717, 1.165) is 11.3 Å². The number of fused-ring (bicyclic) bond motifs is 1. The lowest BCUT2D eigenvalue weighted by atomic mass is 10.2. The number of carbonyl (C=O) groups is 1. The zero-order valence-electron chi connectivity index (χ0n) is 13.0. The van der Waals surface area contributed by atoms with E-state index in [1.54, 1.807) is 12.3 Å². The molecule has 2 N–H and O–H groups in total. The number of nitrogens with zero attached hydrogens (tertiary/aromatic N) is 2. The predicted octanol–water partition coefficient (Wildman–Crippen LogP) is 1.96. The van der Waals surface area contributed by atoms with E-state index in [9.17, 15) is 4.79 Å². The number of amides is 1. The summed E-state index contributed by atoms with van der Waals surface area (Å²) < 4.78 is 10.6. The molecule has 0 radical (unpaired) electrons. The van der Waals surface area contributed by atoms with Crippen LogP contribution in [-0.2, 0) is 6.54 Å². The van der Waals surface area contributed by atoms with Gasteiger partial charge in [0.05, 0.1) is 0 Å². The molecule has 0 unspecified atom stereocenters. The van der Waals surface area contributed by atoms with Crippen LogP contribution in [0.5, 0.6) is 11.5 Å². The lowest BCUT2D eigenvalue weighted by molar-refractivity contribution is 0.0945. The minimum absolute atomic E-state index is 0.196. The van der Waals surface area contributed by atoms with Crippen LogP contribution in [0.25, 0.3) is 0 Å². The molecule has 1 aromatic heterocycles. The fourth-order valence-electron chi connectivity index (χ4n) is 2.14. The second-order valence-electron chi connectivity index (χ2n) is 5.43. The van der Waals surface area contributed by atoms with E-state index in [4.69, 9.17) is 9.47 Å². The van der Waals surface area contributed by atoms with Crippen LogP contribution in [0.1, 0.15) is 29.9 Å². The van der Waals surface area contributed by atoms with Crippen LogP contribution in [0.3, 0.4) is 0 Å². The van der Waals surface area contributed by atoms with Gasteiger partial charge in [0, 0.05) is 18.8 Å². The monoisotopic (exact) mass is 314 g/mol. The van der Waals surface area contributed by atoms with Crippen molar-refractivity contribution >= 4 is 11.9 Å². The SMILES string of the molecule is CC(C)Nc1nccc(C(=O)NCc2ccc3c(c2)OCO3)n1. The predicted molar refractivity (Wildman–Crippen MR) is 84.5 cm³/mol. The second kappa shape index (κ2) is 6.51. The summed E-state index contributed by atoms with van der Waals surface area (Å²) in [6, 6.07) is 7.36. The highest BCUT2D eigenvalue weighted by Crippen LogP contribution is 2.32. The summed E-state index contributed by atoms with van der Waals surface area (Å²) in [5.74, 6) is 1.61. The highest BCUT2D eigenvalue weighted by molar-refractivity contribution is 5.92. The molecule has 1 aliphatic heterocycles. The average Bonchev–Trinajstić information content (AvgIpc) is 3.00. The molecule has 0 spiro atoms. The fraction of sp³-hybridized carbons (Fsp3) is 0.312. The van der Waals surface area contributed by atoms with Gasteiger partial charge in [-0.05, 0) is 37.6 Å². The van der Waals surface area contributed by atoms with Gasteiger partial charge in [0.1, 0.15) is 5.69 Å². The van der Waals surface area contributed by atoms with E-state index in [1.807, 2.05) is 32.0 Å². The Bertz CT molecular complexity index is 718. The normalized spacial score (nSPS) is 12.3. The Labute approximate surface area is 134 Å². The molecule has 0 fully saturated rings. The maximum absolute atomic E-state index is 12.2. The van der Waals surface area contributed by atoms with Crippen LogP contribution in [0.15, 0.2) is 30.5 Å². The molecule has 0 atom stereocenters. The molecular formula is C16H18N4O3. The van der Waals surface area contributed by atoms with Crippen molar-refractivity contribution in [2.24, 2.45) is 0 Å². The topological polar surface area (TPSA) is 85.4 Å². The number of benzene rings is 1. The van der Waals surface area contributed by atoms with Crippen molar-refractivity contribution in [3.8, 4) is 11.5 Å². The summed E-state index contributed by atoms with van der Waals surface area (Å²) in [5.41, 5.74) is 1.25. The van der Waals surface area contributed by atoms with Crippen LogP contribution >= 0.6 is 0 Å². The minimum atomic E-state index is -0.253. The van der Waals surface area contributed by atoms with Crippen molar-refractivity contribution in [3.63, 3.8) is 0 Å². The smallest absolute Gasteiger partial charge is 0.270 e. The molecule has 23 heavy (non-hydrogen) atoms. The Morgan fingerprint density at radius 1 is 1.26 bits per heavy atom. The number of aromatic nitrogens is 2. The maximum atomic E-state index is 12.2. The molecule has 2 aromatic rings. The highest BCUT2D eigenvalue weighted by atomic mass is 16.7. The molecule has 120 valence electrons. The molecule has 0 bridgehead atoms. The third-order valence-corrected chi connectivity index (χ3v) is 3.20. The molecule has 1 aliphatic rings. The van der Waals surface area contributed by atoms with Crippen molar-refractivity contribution in [2.75, 3.05) is 12.1 Å². The molecule has 7 heteroatoms. The number of anilines is 1. The average molecular weight is 314 g/mol. The number of nitrogens with one attached hydrogen (secondary N) is 2. The largest absolute Gasteiger partial charge is 0.454 e. The fourth-order valence-corrected chi connectivity index (χ4v) is 2.14. The van der Waals surface area contributed by atoms with Gasteiger partial charge in [-0.1, -0.05) is 6.07 Å². The quantitative estimate of drug-likeness (QED) is 0.877. The molecule has 7 nitrogen and oxygen atoms in total. The zero-order chi connectivity index (χ0) is 16.2. The van der Waals surface area contributed by atoms with Crippen molar-refractivity contribution < 1.29 is 14.3 Å². The molecular weight excluding hydrogens is 296 g/mol. The summed E-state index contributed by atoms with van der Waals surface area (Å²) >= 11 is 0. The van der Waals surface area contributed by atoms with Crippen molar-refractivity contribution in [2.45, 2.75) is 26.4 Å². The minimum Gasteiger partial charge on any atom is -0.454 e. The van der Waals surface area contributed by atoms with Crippen molar-refractivity contribution in [3.05, 3.63) is 41.7 Å². The van der Waals surface area contributed by atoms with Crippen LogP contribution in [0, 0.1) is 0 Å². The molecule has 0 aliphatic carbocycles. The Morgan fingerprint density at radius 3 is 2.91 bits per heavy atom. The lowest BCUT2D eigenvalue weighted by Gasteiger charge is -2.09. The highest BCUT2D eigenvalue weighted by Gasteiger charge is 2.14. The van der Waals surface area contributed by atoms with Crippen molar-refractivity contribution in [1.29, 1.82) is 0 Å². The van der Waals surface area contributed by atoms with E-state index in [0.29, 0.717) is 23.9 Å². The first kappa shape index (κ1) is 15.1.